The van der Waals surface area contributed by atoms with Crippen molar-refractivity contribution >= 4 is 34.1 Å². The van der Waals surface area contributed by atoms with Gasteiger partial charge in [0.1, 0.15) is 17.1 Å². The largest absolute Gasteiger partial charge is 0.416 e. The van der Waals surface area contributed by atoms with Gasteiger partial charge in [0.25, 0.3) is 0 Å². The maximum Gasteiger partial charge on any atom is 0.180 e. The Hall–Kier alpha value is -3.11. The second kappa shape index (κ2) is 10.9. The Bertz CT molecular complexity index is 1240. The number of nitrogens with zero attached hydrogens (tertiary/aromatic N) is 5. The van der Waals surface area contributed by atoms with Gasteiger partial charge in [-0.3, -0.25) is 4.90 Å². The van der Waals surface area contributed by atoms with Crippen LogP contribution in [0.3, 0.4) is 0 Å². The number of anilines is 2. The molecule has 1 aromatic carbocycles. The Morgan fingerprint density at radius 1 is 1.11 bits per heavy atom. The molecule has 3 aromatic rings. The van der Waals surface area contributed by atoms with Crippen LogP contribution >= 0.6 is 11.6 Å². The Morgan fingerprint density at radius 2 is 1.83 bits per heavy atom. The van der Waals surface area contributed by atoms with Gasteiger partial charge in [-0.2, -0.15) is 5.90 Å². The number of benzene rings is 1. The summed E-state index contributed by atoms with van der Waals surface area (Å²) in [5.74, 6) is 6.66. The second-order valence-corrected chi connectivity index (χ2v) is 9.72. The van der Waals surface area contributed by atoms with Crippen LogP contribution in [0.2, 0.25) is 5.02 Å². The van der Waals surface area contributed by atoms with Gasteiger partial charge < -0.3 is 24.9 Å². The lowest BCUT2D eigenvalue weighted by molar-refractivity contribution is 0.221. The number of rotatable bonds is 7. The summed E-state index contributed by atoms with van der Waals surface area (Å²) in [5, 5.41) is 4.02. The quantitative estimate of drug-likeness (QED) is 0.254. The van der Waals surface area contributed by atoms with Crippen LogP contribution in [0.1, 0.15) is 6.92 Å². The molecule has 4 heterocycles. The molecule has 0 atom stereocenters. The Morgan fingerprint density at radius 3 is 2.53 bits per heavy atom. The molecular weight excluding hydrogens is 476 g/mol. The van der Waals surface area contributed by atoms with Gasteiger partial charge in [-0.15, -0.1) is 0 Å². The number of fused-ring (bicyclic) bond motifs is 1. The maximum absolute atomic E-state index is 6.67. The van der Waals surface area contributed by atoms with E-state index < -0.39 is 0 Å². The molecule has 2 aromatic heterocycles. The van der Waals surface area contributed by atoms with E-state index >= 15 is 0 Å². The van der Waals surface area contributed by atoms with Crippen molar-refractivity contribution < 1.29 is 4.84 Å². The van der Waals surface area contributed by atoms with Gasteiger partial charge in [0, 0.05) is 70.2 Å². The smallest absolute Gasteiger partial charge is 0.180 e. The maximum atomic E-state index is 6.67. The predicted molar refractivity (Wildman–Crippen MR) is 146 cm³/mol. The van der Waals surface area contributed by atoms with Crippen molar-refractivity contribution in [1.82, 2.24) is 25.2 Å². The molecule has 0 bridgehead atoms. The van der Waals surface area contributed by atoms with Gasteiger partial charge in [0.05, 0.1) is 16.9 Å². The number of piperazine rings is 2. The highest BCUT2D eigenvalue weighted by Crippen LogP contribution is 2.34. The molecule has 0 unspecified atom stereocenters. The minimum absolute atomic E-state index is 0.628. The third kappa shape index (κ3) is 5.34. The first-order valence-electron chi connectivity index (χ1n) is 12.3. The molecule has 2 aliphatic heterocycles. The molecule has 9 nitrogen and oxygen atoms in total. The minimum Gasteiger partial charge on any atom is -0.416 e. The van der Waals surface area contributed by atoms with Gasteiger partial charge in [-0.1, -0.05) is 18.2 Å². The molecule has 0 spiro atoms. The number of nitrogens with one attached hydrogen (secondary N) is 2. The van der Waals surface area contributed by atoms with E-state index in [9.17, 15) is 0 Å². The molecule has 0 amide bonds. The van der Waals surface area contributed by atoms with Crippen LogP contribution in [0.4, 0.5) is 11.4 Å². The number of pyridine rings is 1. The molecule has 2 fully saturated rings. The highest BCUT2D eigenvalue weighted by Gasteiger charge is 2.23. The van der Waals surface area contributed by atoms with Crippen LogP contribution in [0.25, 0.3) is 22.6 Å². The molecular formula is C26H33ClN8O. The first-order valence-corrected chi connectivity index (χ1v) is 12.7. The fourth-order valence-corrected chi connectivity index (χ4v) is 5.17. The van der Waals surface area contributed by atoms with E-state index in [0.29, 0.717) is 16.4 Å². The first-order chi connectivity index (χ1) is 17.5. The van der Waals surface area contributed by atoms with Crippen molar-refractivity contribution in [2.75, 3.05) is 68.7 Å². The Labute approximate surface area is 216 Å². The topological polar surface area (TPSA) is 98.6 Å². The fourth-order valence-electron chi connectivity index (χ4n) is 4.90. The van der Waals surface area contributed by atoms with Crippen LogP contribution in [0.15, 0.2) is 54.4 Å². The van der Waals surface area contributed by atoms with E-state index in [1.807, 2.05) is 13.0 Å². The van der Waals surface area contributed by atoms with Crippen LogP contribution in [-0.2, 0) is 4.84 Å². The number of aromatic nitrogens is 3. The van der Waals surface area contributed by atoms with Crippen LogP contribution in [0, 0.1) is 0 Å². The van der Waals surface area contributed by atoms with E-state index in [4.69, 9.17) is 27.3 Å². The zero-order chi connectivity index (χ0) is 25.1. The predicted octanol–water partition coefficient (Wildman–Crippen LogP) is 3.16. The summed E-state index contributed by atoms with van der Waals surface area (Å²) in [4.78, 5) is 24.6. The minimum atomic E-state index is 0.628. The number of allylic oxidation sites excluding steroid dienone is 1. The SMILES string of the molecule is C=C(/C=C(/C)ON)CN1CCN(c2c(Cl)cnc3nc(-c4ccc(N5CCNCC5)cc4)[nH]c23)CC1. The monoisotopic (exact) mass is 508 g/mol. The number of aromatic amines is 1. The standard InChI is InChI=1S/C26H33ClN8O/c1-18(15-19(2)36-28)17-33-11-13-35(14-12-33)24-22(27)16-30-26-23(24)31-25(32-26)20-3-5-21(6-4-20)34-9-7-29-8-10-34/h3-6,15-16,29H,1,7-14,17,28H2,2H3,(H,30,31,32)/b19-15-. The lowest BCUT2D eigenvalue weighted by atomic mass is 10.1. The number of imidazole rings is 1. The zero-order valence-electron chi connectivity index (χ0n) is 20.6. The van der Waals surface area contributed by atoms with Crippen molar-refractivity contribution in [3.63, 3.8) is 0 Å². The van der Waals surface area contributed by atoms with Gasteiger partial charge >= 0.3 is 0 Å². The number of nitrogens with two attached hydrogens (primary N) is 1. The summed E-state index contributed by atoms with van der Waals surface area (Å²) < 4.78 is 0. The summed E-state index contributed by atoms with van der Waals surface area (Å²) in [6, 6.07) is 8.57. The third-order valence-corrected chi connectivity index (χ3v) is 7.06. The summed E-state index contributed by atoms with van der Waals surface area (Å²) in [6.07, 6.45) is 3.57. The van der Waals surface area contributed by atoms with Crippen molar-refractivity contribution in [1.29, 1.82) is 0 Å². The van der Waals surface area contributed by atoms with Gasteiger partial charge in [-0.25, -0.2) is 9.97 Å². The number of halogens is 1. The van der Waals surface area contributed by atoms with Crippen molar-refractivity contribution in [2.24, 2.45) is 5.90 Å². The molecule has 2 aliphatic rings. The highest BCUT2D eigenvalue weighted by molar-refractivity contribution is 6.34. The van der Waals surface area contributed by atoms with Gasteiger partial charge in [0.15, 0.2) is 5.65 Å². The van der Waals surface area contributed by atoms with Gasteiger partial charge in [-0.05, 0) is 42.8 Å². The second-order valence-electron chi connectivity index (χ2n) is 9.32. The number of hydrogen-bond acceptors (Lipinski definition) is 8. The molecule has 0 saturated carbocycles. The van der Waals surface area contributed by atoms with Crippen LogP contribution < -0.4 is 21.0 Å². The van der Waals surface area contributed by atoms with Gasteiger partial charge in [0.2, 0.25) is 0 Å². The molecule has 0 radical (unpaired) electrons. The van der Waals surface area contributed by atoms with E-state index in [2.05, 4.69) is 60.8 Å². The average Bonchev–Trinajstić information content (AvgIpc) is 3.34. The Balaban J connectivity index is 1.31. The van der Waals surface area contributed by atoms with E-state index in [0.717, 1.165) is 87.1 Å². The molecule has 4 N–H and O–H groups in total. The summed E-state index contributed by atoms with van der Waals surface area (Å²) >= 11 is 6.67. The summed E-state index contributed by atoms with van der Waals surface area (Å²) in [6.45, 7) is 14.3. The van der Waals surface area contributed by atoms with Crippen LogP contribution in [-0.4, -0.2) is 78.8 Å². The molecule has 5 rings (SSSR count). The normalized spacial score (nSPS) is 17.6. The molecule has 2 saturated heterocycles. The molecule has 36 heavy (non-hydrogen) atoms. The van der Waals surface area contributed by atoms with E-state index in [1.54, 1.807) is 6.20 Å². The fraction of sp³-hybridized carbons (Fsp3) is 0.385. The number of hydrogen-bond donors (Lipinski definition) is 3. The molecule has 190 valence electrons. The molecule has 10 heteroatoms. The lowest BCUT2D eigenvalue weighted by Gasteiger charge is -2.36. The van der Waals surface area contributed by atoms with Crippen molar-refractivity contribution in [2.45, 2.75) is 6.92 Å². The average molecular weight is 509 g/mol. The highest BCUT2D eigenvalue weighted by atomic mass is 35.5. The summed E-state index contributed by atoms with van der Waals surface area (Å²) in [7, 11) is 0. The molecule has 0 aliphatic carbocycles. The first kappa shape index (κ1) is 24.6. The zero-order valence-corrected chi connectivity index (χ0v) is 21.4. The number of H-pyrrole nitrogens is 1. The van der Waals surface area contributed by atoms with Crippen LogP contribution in [0.5, 0.6) is 0 Å². The Kier molecular flexibility index (Phi) is 7.43. The van der Waals surface area contributed by atoms with Crippen molar-refractivity contribution in [3.8, 4) is 11.4 Å². The van der Waals surface area contributed by atoms with Crippen molar-refractivity contribution in [3.05, 3.63) is 59.5 Å². The van der Waals surface area contributed by atoms with E-state index in [-0.39, 0.29) is 0 Å². The summed E-state index contributed by atoms with van der Waals surface area (Å²) in [5.41, 5.74) is 5.75. The lowest BCUT2D eigenvalue weighted by Crippen LogP contribution is -2.47. The van der Waals surface area contributed by atoms with E-state index in [1.165, 1.54) is 5.69 Å². The third-order valence-electron chi connectivity index (χ3n) is 6.78.